The molecule has 2 unspecified atom stereocenters. The molecule has 0 aliphatic heterocycles. The molecule has 0 aromatic rings. The molecule has 0 spiro atoms. The van der Waals surface area contributed by atoms with Gasteiger partial charge in [0.1, 0.15) is 0 Å². The Morgan fingerprint density at radius 2 is 2.06 bits per heavy atom. The second-order valence-corrected chi connectivity index (χ2v) is 6.08. The maximum Gasteiger partial charge on any atom is 0.0611 e. The van der Waals surface area contributed by atoms with Crippen LogP contribution in [0, 0.1) is 0 Å². The van der Waals surface area contributed by atoms with Crippen LogP contribution in [0.25, 0.3) is 0 Å². The molecule has 1 aliphatic rings. The van der Waals surface area contributed by atoms with Gasteiger partial charge in [-0.1, -0.05) is 26.2 Å². The molecule has 1 fully saturated rings. The highest BCUT2D eigenvalue weighted by atomic mass is 16.5. The molecule has 108 valence electrons. The number of aliphatic hydroxyl groups is 1. The van der Waals surface area contributed by atoms with Crippen molar-refractivity contribution in [1.82, 2.24) is 5.32 Å². The summed E-state index contributed by atoms with van der Waals surface area (Å²) in [5, 5.41) is 13.1. The zero-order chi connectivity index (χ0) is 13.4. The quantitative estimate of drug-likeness (QED) is 0.559. The third kappa shape index (κ3) is 6.72. The van der Waals surface area contributed by atoms with Gasteiger partial charge in [0.25, 0.3) is 0 Å². The molecule has 0 radical (unpaired) electrons. The van der Waals surface area contributed by atoms with E-state index < -0.39 is 0 Å². The minimum Gasteiger partial charge on any atom is -0.394 e. The summed E-state index contributed by atoms with van der Waals surface area (Å²) >= 11 is 0. The van der Waals surface area contributed by atoms with Crippen LogP contribution in [0.4, 0.5) is 0 Å². The third-order valence-corrected chi connectivity index (χ3v) is 3.62. The van der Waals surface area contributed by atoms with Crippen molar-refractivity contribution >= 4 is 0 Å². The topological polar surface area (TPSA) is 41.5 Å². The number of aliphatic hydroxyl groups excluding tert-OH is 1. The Labute approximate surface area is 112 Å². The first kappa shape index (κ1) is 15.9. The maximum atomic E-state index is 9.53. The summed E-state index contributed by atoms with van der Waals surface area (Å²) in [6.45, 7) is 7.48. The van der Waals surface area contributed by atoms with E-state index in [1.807, 2.05) is 0 Å². The van der Waals surface area contributed by atoms with Crippen molar-refractivity contribution < 1.29 is 9.84 Å². The molecule has 3 heteroatoms. The van der Waals surface area contributed by atoms with E-state index in [1.165, 1.54) is 32.1 Å². The summed E-state index contributed by atoms with van der Waals surface area (Å²) in [7, 11) is 0. The van der Waals surface area contributed by atoms with Crippen LogP contribution < -0.4 is 5.32 Å². The fraction of sp³-hybridized carbons (Fsp3) is 1.00. The van der Waals surface area contributed by atoms with Gasteiger partial charge in [0, 0.05) is 18.2 Å². The molecular weight excluding hydrogens is 226 g/mol. The molecule has 3 nitrogen and oxygen atoms in total. The van der Waals surface area contributed by atoms with Crippen molar-refractivity contribution in [2.75, 3.05) is 13.2 Å². The Hall–Kier alpha value is -0.120. The van der Waals surface area contributed by atoms with Gasteiger partial charge >= 0.3 is 0 Å². The Morgan fingerprint density at radius 1 is 1.33 bits per heavy atom. The van der Waals surface area contributed by atoms with Crippen molar-refractivity contribution in [3.8, 4) is 0 Å². The summed E-state index contributed by atoms with van der Waals surface area (Å²) in [4.78, 5) is 0. The molecule has 1 aliphatic carbocycles. The molecule has 1 rings (SSSR count). The van der Waals surface area contributed by atoms with Crippen LogP contribution in [-0.4, -0.2) is 36.0 Å². The second kappa shape index (κ2) is 8.13. The highest BCUT2D eigenvalue weighted by molar-refractivity contribution is 4.93. The minimum atomic E-state index is -0.177. The molecule has 1 saturated carbocycles. The predicted molar refractivity (Wildman–Crippen MR) is 75.8 cm³/mol. The van der Waals surface area contributed by atoms with Crippen LogP contribution in [0.15, 0.2) is 0 Å². The molecule has 2 N–H and O–H groups in total. The molecular formula is C15H31NO2. The van der Waals surface area contributed by atoms with Gasteiger partial charge in [0.15, 0.2) is 0 Å². The molecule has 2 atom stereocenters. The van der Waals surface area contributed by atoms with E-state index >= 15 is 0 Å². The van der Waals surface area contributed by atoms with Crippen molar-refractivity contribution in [3.05, 3.63) is 0 Å². The lowest BCUT2D eigenvalue weighted by molar-refractivity contribution is 0.0258. The SMILES string of the molecule is CCCCCCOC(C)CC(C)(CO)NC1CC1. The van der Waals surface area contributed by atoms with Gasteiger partial charge in [0.2, 0.25) is 0 Å². The van der Waals surface area contributed by atoms with Gasteiger partial charge in [-0.15, -0.1) is 0 Å². The van der Waals surface area contributed by atoms with Crippen LogP contribution >= 0.6 is 0 Å². The van der Waals surface area contributed by atoms with Gasteiger partial charge in [-0.25, -0.2) is 0 Å². The lowest BCUT2D eigenvalue weighted by Gasteiger charge is -2.31. The summed E-state index contributed by atoms with van der Waals surface area (Å²) in [5.41, 5.74) is -0.177. The molecule has 0 bridgehead atoms. The van der Waals surface area contributed by atoms with Gasteiger partial charge in [-0.05, 0) is 39.5 Å². The van der Waals surface area contributed by atoms with E-state index in [2.05, 4.69) is 26.1 Å². The number of unbranched alkanes of at least 4 members (excludes halogenated alkanes) is 3. The maximum absolute atomic E-state index is 9.53. The van der Waals surface area contributed by atoms with Gasteiger partial charge < -0.3 is 15.2 Å². The van der Waals surface area contributed by atoms with Crippen molar-refractivity contribution in [3.63, 3.8) is 0 Å². The second-order valence-electron chi connectivity index (χ2n) is 6.08. The normalized spacial score (nSPS) is 20.7. The van der Waals surface area contributed by atoms with Crippen molar-refractivity contribution in [2.45, 2.75) is 83.4 Å². The van der Waals surface area contributed by atoms with Crippen LogP contribution in [0.5, 0.6) is 0 Å². The van der Waals surface area contributed by atoms with E-state index in [4.69, 9.17) is 4.74 Å². The van der Waals surface area contributed by atoms with E-state index in [-0.39, 0.29) is 18.2 Å². The largest absolute Gasteiger partial charge is 0.394 e. The van der Waals surface area contributed by atoms with Crippen molar-refractivity contribution in [1.29, 1.82) is 0 Å². The minimum absolute atomic E-state index is 0.177. The number of rotatable bonds is 11. The van der Waals surface area contributed by atoms with Crippen LogP contribution in [0.3, 0.4) is 0 Å². The first-order chi connectivity index (χ1) is 8.59. The Balaban J connectivity index is 2.13. The van der Waals surface area contributed by atoms with Crippen LogP contribution in [0.2, 0.25) is 0 Å². The van der Waals surface area contributed by atoms with E-state index in [0.29, 0.717) is 6.04 Å². The zero-order valence-electron chi connectivity index (χ0n) is 12.4. The fourth-order valence-corrected chi connectivity index (χ4v) is 2.40. The number of ether oxygens (including phenoxy) is 1. The fourth-order valence-electron chi connectivity index (χ4n) is 2.40. The van der Waals surface area contributed by atoms with E-state index in [1.54, 1.807) is 0 Å². The molecule has 0 heterocycles. The highest BCUT2D eigenvalue weighted by Gasteiger charge is 2.33. The third-order valence-electron chi connectivity index (χ3n) is 3.62. The summed E-state index contributed by atoms with van der Waals surface area (Å²) in [6, 6.07) is 0.624. The van der Waals surface area contributed by atoms with Crippen LogP contribution in [-0.2, 0) is 4.74 Å². The van der Waals surface area contributed by atoms with Gasteiger partial charge in [0.05, 0.1) is 12.7 Å². The molecule has 0 saturated heterocycles. The monoisotopic (exact) mass is 257 g/mol. The standard InChI is InChI=1S/C15H31NO2/c1-4-5-6-7-10-18-13(2)11-15(3,12-17)16-14-8-9-14/h13-14,16-17H,4-12H2,1-3H3. The first-order valence-electron chi connectivity index (χ1n) is 7.60. The molecule has 0 amide bonds. The van der Waals surface area contributed by atoms with Gasteiger partial charge in [-0.2, -0.15) is 0 Å². The Kier molecular flexibility index (Phi) is 7.20. The van der Waals surface area contributed by atoms with Crippen LogP contribution in [0.1, 0.15) is 65.7 Å². The predicted octanol–water partition coefficient (Wildman–Crippen LogP) is 2.86. The summed E-state index contributed by atoms with van der Waals surface area (Å²) < 4.78 is 5.84. The van der Waals surface area contributed by atoms with E-state index in [9.17, 15) is 5.11 Å². The number of hydrogen-bond acceptors (Lipinski definition) is 3. The molecule has 0 aromatic heterocycles. The molecule has 0 aromatic carbocycles. The number of hydrogen-bond donors (Lipinski definition) is 2. The smallest absolute Gasteiger partial charge is 0.0611 e. The first-order valence-corrected chi connectivity index (χ1v) is 7.60. The van der Waals surface area contributed by atoms with Crippen molar-refractivity contribution in [2.24, 2.45) is 0 Å². The lowest BCUT2D eigenvalue weighted by atomic mass is 9.95. The van der Waals surface area contributed by atoms with Gasteiger partial charge in [-0.3, -0.25) is 0 Å². The molecule has 18 heavy (non-hydrogen) atoms. The summed E-state index contributed by atoms with van der Waals surface area (Å²) in [5.74, 6) is 0. The average molecular weight is 257 g/mol. The summed E-state index contributed by atoms with van der Waals surface area (Å²) in [6.07, 6.45) is 8.59. The zero-order valence-corrected chi connectivity index (χ0v) is 12.4. The number of nitrogens with one attached hydrogen (secondary N) is 1. The Morgan fingerprint density at radius 3 is 2.61 bits per heavy atom. The average Bonchev–Trinajstić information content (AvgIpc) is 3.12. The highest BCUT2D eigenvalue weighted by Crippen LogP contribution is 2.25. The Bertz CT molecular complexity index is 219. The van der Waals surface area contributed by atoms with E-state index in [0.717, 1.165) is 19.4 Å². The lowest BCUT2D eigenvalue weighted by Crippen LogP contribution is -2.49.